The zero-order chi connectivity index (χ0) is 24.9. The molecule has 2 amide bonds. The van der Waals surface area contributed by atoms with Gasteiger partial charge in [0.1, 0.15) is 5.56 Å². The Kier molecular flexibility index (Phi) is 6.88. The first-order chi connectivity index (χ1) is 16.9. The number of nitrogens with two attached hydrogens (primary N) is 1. The molecule has 178 valence electrons. The van der Waals surface area contributed by atoms with E-state index in [-0.39, 0.29) is 24.1 Å². The Hall–Kier alpha value is -4.50. The van der Waals surface area contributed by atoms with Gasteiger partial charge in [0.15, 0.2) is 0 Å². The van der Waals surface area contributed by atoms with E-state index in [1.807, 2.05) is 30.3 Å². The van der Waals surface area contributed by atoms with E-state index in [0.717, 1.165) is 11.1 Å². The van der Waals surface area contributed by atoms with E-state index >= 15 is 0 Å². The first-order valence-corrected chi connectivity index (χ1v) is 10.9. The number of nitrogens with one attached hydrogen (secondary N) is 3. The average molecular weight is 472 g/mol. The predicted molar refractivity (Wildman–Crippen MR) is 134 cm³/mol. The van der Waals surface area contributed by atoms with Crippen LogP contribution < -0.4 is 26.7 Å². The summed E-state index contributed by atoms with van der Waals surface area (Å²) in [4.78, 5) is 45.2. The molecule has 0 saturated heterocycles. The molecule has 35 heavy (non-hydrogen) atoms. The first-order valence-electron chi connectivity index (χ1n) is 10.9. The number of ether oxygens (including phenoxy) is 1. The zero-order valence-electron chi connectivity index (χ0n) is 19.3. The second-order valence-corrected chi connectivity index (χ2v) is 7.98. The summed E-state index contributed by atoms with van der Waals surface area (Å²) in [6, 6.07) is 17.1. The van der Waals surface area contributed by atoms with Gasteiger partial charge in [0.05, 0.1) is 18.7 Å². The minimum Gasteiger partial charge on any atom is -0.481 e. The highest BCUT2D eigenvalue weighted by molar-refractivity contribution is 6.06. The number of carbonyl (C=O) groups is 2. The van der Waals surface area contributed by atoms with Gasteiger partial charge >= 0.3 is 0 Å². The number of H-pyrrole nitrogens is 1. The van der Waals surface area contributed by atoms with Gasteiger partial charge in [0, 0.05) is 35.4 Å². The summed E-state index contributed by atoms with van der Waals surface area (Å²) < 4.78 is 5.07. The summed E-state index contributed by atoms with van der Waals surface area (Å²) in [6.45, 7) is 2.03. The molecule has 0 spiro atoms. The van der Waals surface area contributed by atoms with E-state index in [9.17, 15) is 14.4 Å². The molecule has 4 aromatic rings. The van der Waals surface area contributed by atoms with Crippen LogP contribution in [-0.4, -0.2) is 35.4 Å². The Morgan fingerprint density at radius 2 is 1.86 bits per heavy atom. The molecule has 5 N–H and O–H groups in total. The third kappa shape index (κ3) is 5.20. The maximum atomic E-state index is 13.0. The van der Waals surface area contributed by atoms with Gasteiger partial charge in [-0.25, -0.2) is 4.98 Å². The van der Waals surface area contributed by atoms with Gasteiger partial charge in [0.25, 0.3) is 17.4 Å². The summed E-state index contributed by atoms with van der Waals surface area (Å²) >= 11 is 0. The van der Waals surface area contributed by atoms with Crippen LogP contribution in [0.15, 0.2) is 71.7 Å². The molecule has 0 aliphatic rings. The number of rotatable bonds is 7. The van der Waals surface area contributed by atoms with Crippen LogP contribution in [0.2, 0.25) is 0 Å². The fourth-order valence-electron chi connectivity index (χ4n) is 3.65. The second-order valence-electron chi connectivity index (χ2n) is 7.98. The highest BCUT2D eigenvalue weighted by Gasteiger charge is 2.17. The second kappa shape index (κ2) is 10.2. The van der Waals surface area contributed by atoms with Gasteiger partial charge in [-0.1, -0.05) is 36.4 Å². The number of benzene rings is 2. The number of aromatic amines is 1. The molecule has 9 heteroatoms. The summed E-state index contributed by atoms with van der Waals surface area (Å²) in [7, 11) is 1.47. The molecule has 0 bridgehead atoms. The van der Waals surface area contributed by atoms with Crippen molar-refractivity contribution in [1.29, 1.82) is 0 Å². The maximum absolute atomic E-state index is 13.0. The third-order valence-electron chi connectivity index (χ3n) is 5.65. The highest BCUT2D eigenvalue weighted by Crippen LogP contribution is 2.20. The maximum Gasteiger partial charge on any atom is 0.261 e. The van der Waals surface area contributed by atoms with Crippen molar-refractivity contribution in [2.45, 2.75) is 13.0 Å². The minimum absolute atomic E-state index is 0.0778. The fraction of sp³-hybridized carbons (Fsp3) is 0.154. The normalized spacial score (nSPS) is 11.6. The van der Waals surface area contributed by atoms with E-state index in [4.69, 9.17) is 10.5 Å². The van der Waals surface area contributed by atoms with Crippen LogP contribution in [0.25, 0.3) is 10.9 Å². The van der Waals surface area contributed by atoms with Crippen LogP contribution >= 0.6 is 0 Å². The molecule has 1 unspecified atom stereocenters. The average Bonchev–Trinajstić information content (AvgIpc) is 2.88. The van der Waals surface area contributed by atoms with Crippen LogP contribution in [0.1, 0.15) is 37.9 Å². The van der Waals surface area contributed by atoms with E-state index in [1.54, 1.807) is 31.2 Å². The molecular weight excluding hydrogens is 446 g/mol. The van der Waals surface area contributed by atoms with Crippen molar-refractivity contribution in [3.63, 3.8) is 0 Å². The summed E-state index contributed by atoms with van der Waals surface area (Å²) in [6.07, 6.45) is 1.51. The number of methoxy groups -OCH3 is 1. The van der Waals surface area contributed by atoms with Crippen molar-refractivity contribution >= 4 is 28.4 Å². The van der Waals surface area contributed by atoms with Crippen LogP contribution in [0.4, 0.5) is 5.69 Å². The lowest BCUT2D eigenvalue weighted by molar-refractivity contribution is 0.0936. The van der Waals surface area contributed by atoms with Gasteiger partial charge in [0.2, 0.25) is 5.88 Å². The smallest absolute Gasteiger partial charge is 0.261 e. The summed E-state index contributed by atoms with van der Waals surface area (Å²) in [5, 5.41) is 6.24. The highest BCUT2D eigenvalue weighted by atomic mass is 16.5. The number of anilines is 1. The molecule has 2 aromatic heterocycles. The molecule has 9 nitrogen and oxygen atoms in total. The fourth-order valence-corrected chi connectivity index (χ4v) is 3.65. The Balaban J connectivity index is 1.56. The number of carbonyl (C=O) groups excluding carboxylic acids is 2. The lowest BCUT2D eigenvalue weighted by atomic mass is 10.1. The summed E-state index contributed by atoms with van der Waals surface area (Å²) in [5.74, 6) is -0.586. The number of aromatic nitrogens is 2. The SMILES string of the molecule is COc1cc2[nH]c(=O)c(C(=O)Nc3cc(C(=O)NC(CN)c4ccccc4)ccc3C)cc2cn1. The van der Waals surface area contributed by atoms with Gasteiger partial charge in [-0.15, -0.1) is 0 Å². The molecule has 0 fully saturated rings. The topological polar surface area (TPSA) is 139 Å². The van der Waals surface area contributed by atoms with Crippen molar-refractivity contribution < 1.29 is 14.3 Å². The monoisotopic (exact) mass is 471 g/mol. The van der Waals surface area contributed by atoms with Crippen molar-refractivity contribution in [2.75, 3.05) is 19.0 Å². The van der Waals surface area contributed by atoms with Gasteiger partial charge < -0.3 is 26.1 Å². The standard InChI is InChI=1S/C26H25N5O4/c1-15-8-9-17(24(32)31-22(13-27)16-6-4-3-5-7-16)11-20(15)29-25(33)19-10-18-14-28-23(35-2)12-21(18)30-26(19)34/h3-12,14,22H,13,27H2,1-2H3,(H,29,33)(H,30,34)(H,31,32). The number of hydrogen-bond donors (Lipinski definition) is 4. The number of amides is 2. The van der Waals surface area contributed by atoms with Gasteiger partial charge in [-0.05, 0) is 36.2 Å². The molecule has 2 heterocycles. The molecule has 0 aliphatic heterocycles. The van der Waals surface area contributed by atoms with Crippen molar-refractivity contribution in [3.05, 3.63) is 99.5 Å². The molecule has 0 saturated carbocycles. The lowest BCUT2D eigenvalue weighted by Gasteiger charge is -2.18. The number of pyridine rings is 2. The van der Waals surface area contributed by atoms with Crippen LogP contribution in [0, 0.1) is 6.92 Å². The number of aryl methyl sites for hydroxylation is 1. The van der Waals surface area contributed by atoms with E-state index in [1.165, 1.54) is 19.4 Å². The molecular formula is C26H25N5O4. The van der Waals surface area contributed by atoms with Gasteiger partial charge in [-0.2, -0.15) is 0 Å². The van der Waals surface area contributed by atoms with Crippen molar-refractivity contribution in [3.8, 4) is 5.88 Å². The Labute approximate surface area is 201 Å². The van der Waals surface area contributed by atoms with Crippen molar-refractivity contribution in [1.82, 2.24) is 15.3 Å². The Bertz CT molecular complexity index is 1450. The first kappa shape index (κ1) is 23.7. The van der Waals surface area contributed by atoms with E-state index in [0.29, 0.717) is 28.0 Å². The largest absolute Gasteiger partial charge is 0.481 e. The summed E-state index contributed by atoms with van der Waals surface area (Å²) in [5.41, 5.74) is 8.14. The molecule has 2 aromatic carbocycles. The Morgan fingerprint density at radius 1 is 1.09 bits per heavy atom. The molecule has 4 rings (SSSR count). The number of nitrogens with zero attached hydrogens (tertiary/aromatic N) is 1. The van der Waals surface area contributed by atoms with Gasteiger partial charge in [-0.3, -0.25) is 14.4 Å². The third-order valence-corrected chi connectivity index (χ3v) is 5.65. The van der Waals surface area contributed by atoms with Crippen LogP contribution in [-0.2, 0) is 0 Å². The quantitative estimate of drug-likeness (QED) is 0.327. The van der Waals surface area contributed by atoms with E-state index < -0.39 is 11.5 Å². The number of fused-ring (bicyclic) bond motifs is 1. The Morgan fingerprint density at radius 3 is 2.57 bits per heavy atom. The lowest BCUT2D eigenvalue weighted by Crippen LogP contribution is -2.33. The van der Waals surface area contributed by atoms with Crippen molar-refractivity contribution in [2.24, 2.45) is 5.73 Å². The predicted octanol–water partition coefficient (Wildman–Crippen LogP) is 2.92. The molecule has 0 aliphatic carbocycles. The zero-order valence-corrected chi connectivity index (χ0v) is 19.3. The van der Waals surface area contributed by atoms with Crippen LogP contribution in [0.3, 0.4) is 0 Å². The number of hydrogen-bond acceptors (Lipinski definition) is 6. The van der Waals surface area contributed by atoms with E-state index in [2.05, 4.69) is 20.6 Å². The molecule has 1 atom stereocenters. The molecule has 0 radical (unpaired) electrons. The van der Waals surface area contributed by atoms with Crippen LogP contribution in [0.5, 0.6) is 5.88 Å². The minimum atomic E-state index is -0.603.